The summed E-state index contributed by atoms with van der Waals surface area (Å²) in [5.74, 6) is 0.159. The van der Waals surface area contributed by atoms with Crippen molar-refractivity contribution in [1.82, 2.24) is 30.0 Å². The lowest BCUT2D eigenvalue weighted by molar-refractivity contribution is 0.0462. The molecule has 0 amide bonds. The Labute approximate surface area is 168 Å². The lowest BCUT2D eigenvalue weighted by atomic mass is 10.3. The standard InChI is InChI=1S/C18H15ClN6O2S/c1-10-12-8-15(18(26)27-9-16-20-22-23-24(16)11-6-7-11)28-17(12)25(21-10)14-5-3-2-4-13(14)19/h2-5,8,11H,6-7,9H2,1H3. The Kier molecular flexibility index (Phi) is 4.13. The van der Waals surface area contributed by atoms with Gasteiger partial charge in [-0.2, -0.15) is 5.10 Å². The molecule has 10 heteroatoms. The van der Waals surface area contributed by atoms with E-state index in [0.717, 1.165) is 34.4 Å². The topological polar surface area (TPSA) is 87.7 Å². The van der Waals surface area contributed by atoms with E-state index in [-0.39, 0.29) is 6.61 Å². The summed E-state index contributed by atoms with van der Waals surface area (Å²) in [6, 6.07) is 9.61. The first-order chi connectivity index (χ1) is 13.6. The number of esters is 1. The predicted octanol–water partition coefficient (Wildman–Crippen LogP) is 3.73. The van der Waals surface area contributed by atoms with Gasteiger partial charge in [0.25, 0.3) is 0 Å². The van der Waals surface area contributed by atoms with Gasteiger partial charge < -0.3 is 4.74 Å². The molecule has 1 aliphatic carbocycles. The summed E-state index contributed by atoms with van der Waals surface area (Å²) in [5, 5.41) is 17.7. The van der Waals surface area contributed by atoms with E-state index in [4.69, 9.17) is 16.3 Å². The fraction of sp³-hybridized carbons (Fsp3) is 0.278. The minimum Gasteiger partial charge on any atom is -0.453 e. The molecule has 4 aromatic rings. The van der Waals surface area contributed by atoms with Crippen LogP contribution < -0.4 is 0 Å². The summed E-state index contributed by atoms with van der Waals surface area (Å²) in [5.41, 5.74) is 1.59. The molecule has 1 saturated carbocycles. The van der Waals surface area contributed by atoms with Gasteiger partial charge in [0.05, 0.1) is 22.4 Å². The van der Waals surface area contributed by atoms with Gasteiger partial charge >= 0.3 is 5.97 Å². The Hall–Kier alpha value is -2.78. The number of tetrazole rings is 1. The van der Waals surface area contributed by atoms with E-state index < -0.39 is 5.97 Å². The van der Waals surface area contributed by atoms with Gasteiger partial charge in [-0.25, -0.2) is 14.2 Å². The summed E-state index contributed by atoms with van der Waals surface area (Å²) >= 11 is 7.65. The van der Waals surface area contributed by atoms with Gasteiger partial charge in [0.1, 0.15) is 9.71 Å². The number of hydrogen-bond donors (Lipinski definition) is 0. The number of rotatable bonds is 5. The summed E-state index contributed by atoms with van der Waals surface area (Å²) in [6.45, 7) is 1.95. The zero-order valence-corrected chi connectivity index (χ0v) is 16.4. The zero-order chi connectivity index (χ0) is 19.3. The van der Waals surface area contributed by atoms with E-state index >= 15 is 0 Å². The smallest absolute Gasteiger partial charge is 0.348 e. The third-order valence-corrected chi connectivity index (χ3v) is 6.02. The van der Waals surface area contributed by atoms with Crippen LogP contribution in [0.4, 0.5) is 0 Å². The molecule has 0 bridgehead atoms. The number of para-hydroxylation sites is 1. The number of thiophene rings is 1. The van der Waals surface area contributed by atoms with Crippen LogP contribution in [0.2, 0.25) is 5.02 Å². The lowest BCUT2D eigenvalue weighted by Crippen LogP contribution is -2.09. The fourth-order valence-corrected chi connectivity index (χ4v) is 4.33. The predicted molar refractivity (Wildman–Crippen MR) is 104 cm³/mol. The van der Waals surface area contributed by atoms with E-state index in [9.17, 15) is 4.79 Å². The number of benzene rings is 1. The average Bonchev–Trinajstić information content (AvgIpc) is 3.14. The van der Waals surface area contributed by atoms with Crippen molar-refractivity contribution in [3.05, 3.63) is 51.7 Å². The van der Waals surface area contributed by atoms with Crippen molar-refractivity contribution in [1.29, 1.82) is 0 Å². The van der Waals surface area contributed by atoms with Crippen molar-refractivity contribution in [3.63, 3.8) is 0 Å². The van der Waals surface area contributed by atoms with Crippen LogP contribution in [0.25, 0.3) is 15.9 Å². The van der Waals surface area contributed by atoms with Crippen molar-refractivity contribution in [2.45, 2.75) is 32.4 Å². The number of hydrogen-bond acceptors (Lipinski definition) is 7. The minimum atomic E-state index is -0.406. The number of aromatic nitrogens is 6. The average molecular weight is 415 g/mol. The Morgan fingerprint density at radius 1 is 1.36 bits per heavy atom. The second-order valence-electron chi connectivity index (χ2n) is 6.63. The van der Waals surface area contributed by atoms with Crippen molar-refractivity contribution in [2.75, 3.05) is 0 Å². The highest BCUT2D eigenvalue weighted by Crippen LogP contribution is 2.35. The molecule has 1 aromatic carbocycles. The minimum absolute atomic E-state index is 0.0478. The monoisotopic (exact) mass is 414 g/mol. The van der Waals surface area contributed by atoms with Crippen LogP contribution in [-0.2, 0) is 11.3 Å². The van der Waals surface area contributed by atoms with Crippen LogP contribution in [0.5, 0.6) is 0 Å². The molecule has 3 heterocycles. The van der Waals surface area contributed by atoms with Crippen molar-refractivity contribution >= 4 is 39.1 Å². The fourth-order valence-electron chi connectivity index (χ4n) is 3.05. The van der Waals surface area contributed by atoms with Crippen LogP contribution in [0.1, 0.15) is 40.1 Å². The molecule has 28 heavy (non-hydrogen) atoms. The molecule has 5 rings (SSSR count). The first-order valence-electron chi connectivity index (χ1n) is 8.80. The second kappa shape index (κ2) is 6.68. The SMILES string of the molecule is Cc1nn(-c2ccccc2Cl)c2sc(C(=O)OCc3nnnn3C3CC3)cc12. The lowest BCUT2D eigenvalue weighted by Gasteiger charge is -2.05. The maximum atomic E-state index is 12.6. The Balaban J connectivity index is 1.42. The zero-order valence-electron chi connectivity index (χ0n) is 14.9. The molecule has 1 fully saturated rings. The van der Waals surface area contributed by atoms with Gasteiger partial charge in [0.15, 0.2) is 12.4 Å². The number of aryl methyl sites for hydroxylation is 1. The highest BCUT2D eigenvalue weighted by molar-refractivity contribution is 7.20. The van der Waals surface area contributed by atoms with Crippen molar-refractivity contribution in [3.8, 4) is 5.69 Å². The van der Waals surface area contributed by atoms with E-state index in [1.807, 2.05) is 37.3 Å². The van der Waals surface area contributed by atoms with E-state index in [2.05, 4.69) is 20.6 Å². The molecule has 1 aliphatic rings. The first-order valence-corrected chi connectivity index (χ1v) is 9.99. The number of ether oxygens (including phenoxy) is 1. The molecule has 3 aromatic heterocycles. The summed E-state index contributed by atoms with van der Waals surface area (Å²) < 4.78 is 8.95. The molecule has 0 N–H and O–H groups in total. The van der Waals surface area contributed by atoms with Crippen molar-refractivity contribution in [2.24, 2.45) is 0 Å². The Morgan fingerprint density at radius 2 is 2.18 bits per heavy atom. The van der Waals surface area contributed by atoms with Gasteiger partial charge in [-0.05, 0) is 48.4 Å². The van der Waals surface area contributed by atoms with Crippen LogP contribution >= 0.6 is 22.9 Å². The van der Waals surface area contributed by atoms with Crippen molar-refractivity contribution < 1.29 is 9.53 Å². The quantitative estimate of drug-likeness (QED) is 0.462. The summed E-state index contributed by atoms with van der Waals surface area (Å²) in [4.78, 5) is 13.9. The van der Waals surface area contributed by atoms with E-state index in [1.54, 1.807) is 9.36 Å². The van der Waals surface area contributed by atoms with E-state index in [0.29, 0.717) is 21.8 Å². The molecular weight excluding hydrogens is 400 g/mol. The molecule has 0 unspecified atom stereocenters. The molecule has 0 spiro atoms. The largest absolute Gasteiger partial charge is 0.453 e. The maximum absolute atomic E-state index is 12.6. The first kappa shape index (κ1) is 17.3. The molecule has 0 aliphatic heterocycles. The number of carbonyl (C=O) groups excluding carboxylic acids is 1. The van der Waals surface area contributed by atoms with Gasteiger partial charge in [0, 0.05) is 5.39 Å². The van der Waals surface area contributed by atoms with Crippen LogP contribution in [0.15, 0.2) is 30.3 Å². The molecule has 8 nitrogen and oxygen atoms in total. The van der Waals surface area contributed by atoms with Crippen LogP contribution in [-0.4, -0.2) is 36.0 Å². The maximum Gasteiger partial charge on any atom is 0.348 e. The number of nitrogens with zero attached hydrogens (tertiary/aromatic N) is 6. The third-order valence-electron chi connectivity index (χ3n) is 4.61. The number of carbonyl (C=O) groups is 1. The Bertz CT molecular complexity index is 1190. The highest BCUT2D eigenvalue weighted by atomic mass is 35.5. The normalized spacial score (nSPS) is 13.9. The van der Waals surface area contributed by atoms with Gasteiger partial charge in [-0.3, -0.25) is 0 Å². The highest BCUT2D eigenvalue weighted by Gasteiger charge is 2.28. The third kappa shape index (κ3) is 2.96. The number of halogens is 1. The van der Waals surface area contributed by atoms with Crippen LogP contribution in [0, 0.1) is 6.92 Å². The summed E-state index contributed by atoms with van der Waals surface area (Å²) in [6.07, 6.45) is 2.11. The van der Waals surface area contributed by atoms with Gasteiger partial charge in [0.2, 0.25) is 0 Å². The van der Waals surface area contributed by atoms with Crippen LogP contribution in [0.3, 0.4) is 0 Å². The van der Waals surface area contributed by atoms with E-state index in [1.165, 1.54) is 11.3 Å². The van der Waals surface area contributed by atoms with Gasteiger partial charge in [-0.15, -0.1) is 16.4 Å². The molecule has 142 valence electrons. The Morgan fingerprint density at radius 3 is 2.96 bits per heavy atom. The summed E-state index contributed by atoms with van der Waals surface area (Å²) in [7, 11) is 0. The van der Waals surface area contributed by atoms with Gasteiger partial charge in [-0.1, -0.05) is 23.7 Å². The second-order valence-corrected chi connectivity index (χ2v) is 8.06. The molecular formula is C18H15ClN6O2S. The number of fused-ring (bicyclic) bond motifs is 1. The molecule has 0 saturated heterocycles. The molecule has 0 atom stereocenters. The molecule has 0 radical (unpaired) electrons.